The number of carbonyl (C=O) groups is 1. The Labute approximate surface area is 132 Å². The lowest BCUT2D eigenvalue weighted by Gasteiger charge is -2.08. The molecule has 1 heterocycles. The van der Waals surface area contributed by atoms with E-state index in [9.17, 15) is 4.79 Å². The fourth-order valence-corrected chi connectivity index (χ4v) is 2.11. The molecule has 1 amide bonds. The molecule has 3 aromatic rings. The molecule has 0 bridgehead atoms. The normalized spacial score (nSPS) is 10.0. The summed E-state index contributed by atoms with van der Waals surface area (Å²) in [5.41, 5.74) is 1.02. The van der Waals surface area contributed by atoms with Crippen molar-refractivity contribution in [2.75, 3.05) is 11.9 Å². The van der Waals surface area contributed by atoms with Gasteiger partial charge >= 0.3 is 0 Å². The third-order valence-corrected chi connectivity index (χ3v) is 3.15. The van der Waals surface area contributed by atoms with E-state index < -0.39 is 0 Å². The van der Waals surface area contributed by atoms with E-state index >= 15 is 0 Å². The zero-order valence-electron chi connectivity index (χ0n) is 12.1. The first-order valence-corrected chi connectivity index (χ1v) is 6.89. The van der Waals surface area contributed by atoms with Crippen LogP contribution in [-0.2, 0) is 4.79 Å². The van der Waals surface area contributed by atoms with Gasteiger partial charge in [0.25, 0.3) is 5.91 Å². The maximum Gasteiger partial charge on any atom is 0.262 e. The molecule has 0 aliphatic rings. The lowest BCUT2D eigenvalue weighted by molar-refractivity contribution is -0.118. The number of amides is 1. The van der Waals surface area contributed by atoms with Crippen molar-refractivity contribution in [2.45, 2.75) is 0 Å². The van der Waals surface area contributed by atoms with Crippen LogP contribution in [0, 0.1) is 11.3 Å². The quantitative estimate of drug-likeness (QED) is 0.800. The number of nitrogens with one attached hydrogen (secondary N) is 1. The minimum Gasteiger partial charge on any atom is -0.466 e. The number of carbonyl (C=O) groups excluding carboxylic acids is 1. The molecule has 112 valence electrons. The average molecular weight is 304 g/mol. The molecule has 6 nitrogen and oxygen atoms in total. The van der Waals surface area contributed by atoms with E-state index in [1.807, 2.05) is 30.3 Å². The molecule has 6 heteroatoms. The Morgan fingerprint density at radius 3 is 2.96 bits per heavy atom. The van der Waals surface area contributed by atoms with Crippen molar-refractivity contribution < 1.29 is 9.53 Å². The fourth-order valence-electron chi connectivity index (χ4n) is 2.11. The van der Waals surface area contributed by atoms with E-state index in [0.717, 1.165) is 10.8 Å². The van der Waals surface area contributed by atoms with E-state index in [-0.39, 0.29) is 12.5 Å². The lowest BCUT2D eigenvalue weighted by Crippen LogP contribution is -2.20. The molecule has 0 aliphatic heterocycles. The van der Waals surface area contributed by atoms with E-state index in [0.29, 0.717) is 17.1 Å². The number of rotatable bonds is 4. The summed E-state index contributed by atoms with van der Waals surface area (Å²) in [6.07, 6.45) is 1.63. The summed E-state index contributed by atoms with van der Waals surface area (Å²) in [5, 5.41) is 21.0. The SMILES string of the molecule is N#Cc1cccc(NC(=O)COc2nncc3ccccc23)c1. The van der Waals surface area contributed by atoms with Crippen molar-refractivity contribution in [1.29, 1.82) is 5.26 Å². The van der Waals surface area contributed by atoms with Crippen LogP contribution < -0.4 is 10.1 Å². The number of anilines is 1. The molecule has 0 atom stereocenters. The van der Waals surface area contributed by atoms with Crippen molar-refractivity contribution in [3.63, 3.8) is 0 Å². The minimum atomic E-state index is -0.338. The van der Waals surface area contributed by atoms with Gasteiger partial charge in [0.2, 0.25) is 5.88 Å². The first-order valence-electron chi connectivity index (χ1n) is 6.89. The minimum absolute atomic E-state index is 0.195. The van der Waals surface area contributed by atoms with Gasteiger partial charge in [-0.2, -0.15) is 10.4 Å². The first-order chi connectivity index (χ1) is 11.3. The summed E-state index contributed by atoms with van der Waals surface area (Å²) in [4.78, 5) is 12.0. The molecule has 23 heavy (non-hydrogen) atoms. The molecule has 3 rings (SSSR count). The predicted octanol–water partition coefficient (Wildman–Crippen LogP) is 2.52. The van der Waals surface area contributed by atoms with Gasteiger partial charge in [-0.25, -0.2) is 0 Å². The zero-order valence-corrected chi connectivity index (χ0v) is 12.1. The topological polar surface area (TPSA) is 87.9 Å². The number of fused-ring (bicyclic) bond motifs is 1. The highest BCUT2D eigenvalue weighted by molar-refractivity contribution is 5.92. The molecule has 0 spiro atoms. The van der Waals surface area contributed by atoms with E-state index in [2.05, 4.69) is 15.5 Å². The third kappa shape index (κ3) is 3.41. The van der Waals surface area contributed by atoms with E-state index in [1.54, 1.807) is 30.5 Å². The van der Waals surface area contributed by atoms with Gasteiger partial charge in [-0.3, -0.25) is 4.79 Å². The number of nitriles is 1. The van der Waals surface area contributed by atoms with Crippen LogP contribution >= 0.6 is 0 Å². The average Bonchev–Trinajstić information content (AvgIpc) is 2.60. The van der Waals surface area contributed by atoms with Gasteiger partial charge in [-0.1, -0.05) is 24.3 Å². The van der Waals surface area contributed by atoms with Crippen LogP contribution in [-0.4, -0.2) is 22.7 Å². The second-order valence-corrected chi connectivity index (χ2v) is 4.77. The van der Waals surface area contributed by atoms with Gasteiger partial charge in [0.1, 0.15) is 0 Å². The second-order valence-electron chi connectivity index (χ2n) is 4.77. The van der Waals surface area contributed by atoms with Crippen LogP contribution in [0.2, 0.25) is 0 Å². The Balaban J connectivity index is 1.68. The summed E-state index contributed by atoms with van der Waals surface area (Å²) in [5.74, 6) is -0.0288. The monoisotopic (exact) mass is 304 g/mol. The van der Waals surface area contributed by atoms with Crippen LogP contribution in [0.15, 0.2) is 54.7 Å². The first kappa shape index (κ1) is 14.5. The lowest BCUT2D eigenvalue weighted by atomic mass is 10.2. The molecule has 1 N–H and O–H groups in total. The predicted molar refractivity (Wildman–Crippen MR) is 84.8 cm³/mol. The molecule has 0 saturated carbocycles. The largest absolute Gasteiger partial charge is 0.466 e. The van der Waals surface area contributed by atoms with Gasteiger partial charge in [0, 0.05) is 16.5 Å². The van der Waals surface area contributed by atoms with Crippen LogP contribution in [0.5, 0.6) is 5.88 Å². The number of hydrogen-bond donors (Lipinski definition) is 1. The Bertz CT molecular complexity index is 897. The molecule has 0 fully saturated rings. The maximum absolute atomic E-state index is 12.0. The van der Waals surface area contributed by atoms with Crippen molar-refractivity contribution in [2.24, 2.45) is 0 Å². The van der Waals surface area contributed by atoms with Crippen LogP contribution in [0.3, 0.4) is 0 Å². The summed E-state index contributed by atoms with van der Waals surface area (Å²) < 4.78 is 5.46. The molecule has 0 saturated heterocycles. The van der Waals surface area contributed by atoms with Gasteiger partial charge < -0.3 is 10.1 Å². The molecular formula is C17H12N4O2. The molecule has 0 radical (unpaired) electrons. The fraction of sp³-hybridized carbons (Fsp3) is 0.0588. The summed E-state index contributed by atoms with van der Waals surface area (Å²) >= 11 is 0. The van der Waals surface area contributed by atoms with Crippen LogP contribution in [0.4, 0.5) is 5.69 Å². The van der Waals surface area contributed by atoms with Gasteiger partial charge in [-0.05, 0) is 24.3 Å². The number of ether oxygens (including phenoxy) is 1. The third-order valence-electron chi connectivity index (χ3n) is 3.15. The van der Waals surface area contributed by atoms with Crippen LogP contribution in [0.1, 0.15) is 5.56 Å². The summed E-state index contributed by atoms with van der Waals surface area (Å²) in [6, 6.07) is 16.2. The van der Waals surface area contributed by atoms with Crippen molar-refractivity contribution in [3.8, 4) is 11.9 Å². The van der Waals surface area contributed by atoms with E-state index in [1.165, 1.54) is 0 Å². The summed E-state index contributed by atoms with van der Waals surface area (Å²) in [7, 11) is 0. The summed E-state index contributed by atoms with van der Waals surface area (Å²) in [6.45, 7) is -0.195. The maximum atomic E-state index is 12.0. The Morgan fingerprint density at radius 1 is 1.22 bits per heavy atom. The van der Waals surface area contributed by atoms with Crippen molar-refractivity contribution in [3.05, 3.63) is 60.3 Å². The Kier molecular flexibility index (Phi) is 4.11. The number of benzene rings is 2. The number of nitrogens with zero attached hydrogens (tertiary/aromatic N) is 3. The molecule has 0 unspecified atom stereocenters. The highest BCUT2D eigenvalue weighted by atomic mass is 16.5. The number of hydrogen-bond acceptors (Lipinski definition) is 5. The highest BCUT2D eigenvalue weighted by Crippen LogP contribution is 2.21. The van der Waals surface area contributed by atoms with Gasteiger partial charge in [0.05, 0.1) is 17.8 Å². The Morgan fingerprint density at radius 2 is 2.09 bits per heavy atom. The highest BCUT2D eigenvalue weighted by Gasteiger charge is 2.08. The zero-order chi connectivity index (χ0) is 16.1. The molecule has 2 aromatic carbocycles. The molecular weight excluding hydrogens is 292 g/mol. The second kappa shape index (κ2) is 6.54. The van der Waals surface area contributed by atoms with Crippen molar-refractivity contribution >= 4 is 22.4 Å². The van der Waals surface area contributed by atoms with E-state index in [4.69, 9.17) is 10.00 Å². The smallest absolute Gasteiger partial charge is 0.262 e. The standard InChI is InChI=1S/C17H12N4O2/c18-9-12-4-3-6-14(8-12)20-16(22)11-23-17-15-7-2-1-5-13(15)10-19-21-17/h1-8,10H,11H2,(H,20,22). The molecule has 1 aromatic heterocycles. The van der Waals surface area contributed by atoms with Crippen LogP contribution in [0.25, 0.3) is 10.8 Å². The number of aromatic nitrogens is 2. The van der Waals surface area contributed by atoms with Gasteiger partial charge in [-0.15, -0.1) is 5.10 Å². The molecule has 0 aliphatic carbocycles. The Hall–Kier alpha value is -3.46. The van der Waals surface area contributed by atoms with Gasteiger partial charge in [0.15, 0.2) is 6.61 Å². The van der Waals surface area contributed by atoms with Crippen molar-refractivity contribution in [1.82, 2.24) is 10.2 Å².